The SMILES string of the molecule is Cc1cccc(-c2nnc([C@@H](C)N3CCc4c(nnn4C)C3)o2)c1. The lowest BCUT2D eigenvalue weighted by Crippen LogP contribution is -2.33. The van der Waals surface area contributed by atoms with Gasteiger partial charge in [0.2, 0.25) is 11.8 Å². The van der Waals surface area contributed by atoms with E-state index in [4.69, 9.17) is 4.42 Å². The number of aromatic nitrogens is 5. The molecule has 0 spiro atoms. The van der Waals surface area contributed by atoms with E-state index in [-0.39, 0.29) is 6.04 Å². The minimum atomic E-state index is 0.0474. The molecule has 0 N–H and O–H groups in total. The average Bonchev–Trinajstić information content (AvgIpc) is 3.21. The van der Waals surface area contributed by atoms with Crippen molar-refractivity contribution in [1.29, 1.82) is 0 Å². The van der Waals surface area contributed by atoms with Gasteiger partial charge in [0.25, 0.3) is 0 Å². The predicted molar refractivity (Wildman–Crippen MR) is 88.0 cm³/mol. The lowest BCUT2D eigenvalue weighted by Gasteiger charge is -2.29. The van der Waals surface area contributed by atoms with Crippen LogP contribution in [0.5, 0.6) is 0 Å². The van der Waals surface area contributed by atoms with Crippen LogP contribution >= 0.6 is 0 Å². The van der Waals surface area contributed by atoms with Gasteiger partial charge in [0.1, 0.15) is 0 Å². The fourth-order valence-corrected chi connectivity index (χ4v) is 3.15. The van der Waals surface area contributed by atoms with Crippen molar-refractivity contribution in [3.05, 3.63) is 47.1 Å². The average molecular weight is 324 g/mol. The molecule has 1 aliphatic heterocycles. The van der Waals surface area contributed by atoms with Crippen molar-refractivity contribution in [3.63, 3.8) is 0 Å². The van der Waals surface area contributed by atoms with Crippen molar-refractivity contribution < 1.29 is 4.42 Å². The zero-order valence-electron chi connectivity index (χ0n) is 14.1. The van der Waals surface area contributed by atoms with Crippen LogP contribution in [0, 0.1) is 6.92 Å². The molecule has 3 aromatic rings. The minimum absolute atomic E-state index is 0.0474. The monoisotopic (exact) mass is 324 g/mol. The van der Waals surface area contributed by atoms with E-state index in [1.165, 1.54) is 11.3 Å². The molecule has 2 aromatic heterocycles. The molecule has 3 heterocycles. The fourth-order valence-electron chi connectivity index (χ4n) is 3.15. The summed E-state index contributed by atoms with van der Waals surface area (Å²) < 4.78 is 7.79. The summed E-state index contributed by atoms with van der Waals surface area (Å²) in [5.74, 6) is 1.21. The lowest BCUT2D eigenvalue weighted by atomic mass is 10.1. The molecule has 1 atom stereocenters. The van der Waals surface area contributed by atoms with Gasteiger partial charge in [0.15, 0.2) is 0 Å². The molecule has 0 radical (unpaired) electrons. The first-order valence-corrected chi connectivity index (χ1v) is 8.14. The standard InChI is InChI=1S/C17H20N6O/c1-11-5-4-6-13(9-11)17-20-19-16(24-17)12(2)23-8-7-15-14(10-23)18-21-22(15)3/h4-6,9,12H,7-8,10H2,1-3H3/t12-/m1/s1. The molecule has 1 aromatic carbocycles. The maximum absolute atomic E-state index is 5.93. The largest absolute Gasteiger partial charge is 0.419 e. The Bertz CT molecular complexity index is 868. The van der Waals surface area contributed by atoms with Crippen LogP contribution in [0.25, 0.3) is 11.5 Å². The van der Waals surface area contributed by atoms with Gasteiger partial charge in [-0.25, -0.2) is 0 Å². The van der Waals surface area contributed by atoms with Crippen molar-refractivity contribution in [2.75, 3.05) is 6.54 Å². The van der Waals surface area contributed by atoms with Gasteiger partial charge in [-0.15, -0.1) is 15.3 Å². The van der Waals surface area contributed by atoms with Gasteiger partial charge in [-0.1, -0.05) is 22.9 Å². The highest BCUT2D eigenvalue weighted by Crippen LogP contribution is 2.28. The second-order valence-electron chi connectivity index (χ2n) is 6.32. The Morgan fingerprint density at radius 3 is 2.92 bits per heavy atom. The van der Waals surface area contributed by atoms with Crippen LogP contribution in [0.2, 0.25) is 0 Å². The number of hydrogen-bond acceptors (Lipinski definition) is 6. The molecule has 0 unspecified atom stereocenters. The zero-order valence-corrected chi connectivity index (χ0v) is 14.1. The maximum Gasteiger partial charge on any atom is 0.247 e. The first-order valence-electron chi connectivity index (χ1n) is 8.14. The van der Waals surface area contributed by atoms with E-state index in [1.54, 1.807) is 0 Å². The Morgan fingerprint density at radius 1 is 1.21 bits per heavy atom. The van der Waals surface area contributed by atoms with Crippen molar-refractivity contribution in [2.24, 2.45) is 7.05 Å². The number of benzene rings is 1. The van der Waals surface area contributed by atoms with Crippen LogP contribution in [0.3, 0.4) is 0 Å². The number of fused-ring (bicyclic) bond motifs is 1. The molecule has 0 saturated carbocycles. The van der Waals surface area contributed by atoms with Crippen molar-refractivity contribution in [1.82, 2.24) is 30.1 Å². The summed E-state index contributed by atoms with van der Waals surface area (Å²) in [5, 5.41) is 16.8. The quantitative estimate of drug-likeness (QED) is 0.736. The van der Waals surface area contributed by atoms with Crippen molar-refractivity contribution in [2.45, 2.75) is 32.9 Å². The molecule has 24 heavy (non-hydrogen) atoms. The molecule has 0 amide bonds. The van der Waals surface area contributed by atoms with Crippen molar-refractivity contribution >= 4 is 0 Å². The summed E-state index contributed by atoms with van der Waals surface area (Å²) in [4.78, 5) is 2.30. The Balaban J connectivity index is 1.54. The van der Waals surface area contributed by atoms with Gasteiger partial charge in [0, 0.05) is 32.1 Å². The maximum atomic E-state index is 5.93. The van der Waals surface area contributed by atoms with Gasteiger partial charge in [-0.2, -0.15) is 0 Å². The van der Waals surface area contributed by atoms with Gasteiger partial charge in [-0.05, 0) is 26.0 Å². The summed E-state index contributed by atoms with van der Waals surface area (Å²) in [6.45, 7) is 5.83. The minimum Gasteiger partial charge on any atom is -0.419 e. The molecular formula is C17H20N6O. The van der Waals surface area contributed by atoms with Gasteiger partial charge >= 0.3 is 0 Å². The van der Waals surface area contributed by atoms with E-state index < -0.39 is 0 Å². The summed E-state index contributed by atoms with van der Waals surface area (Å²) in [6.07, 6.45) is 0.933. The number of nitrogens with zero attached hydrogens (tertiary/aromatic N) is 6. The third kappa shape index (κ3) is 2.60. The molecule has 0 bridgehead atoms. The second kappa shape index (κ2) is 5.83. The first kappa shape index (κ1) is 15.0. The van der Waals surface area contributed by atoms with Crippen LogP contribution < -0.4 is 0 Å². The van der Waals surface area contributed by atoms with Crippen LogP contribution in [-0.2, 0) is 20.0 Å². The van der Waals surface area contributed by atoms with Crippen LogP contribution in [0.4, 0.5) is 0 Å². The highest BCUT2D eigenvalue weighted by atomic mass is 16.4. The normalized spacial score (nSPS) is 16.1. The zero-order chi connectivity index (χ0) is 16.7. The molecule has 7 heteroatoms. The van der Waals surface area contributed by atoms with E-state index >= 15 is 0 Å². The third-order valence-corrected chi connectivity index (χ3v) is 4.62. The highest BCUT2D eigenvalue weighted by molar-refractivity contribution is 5.53. The molecule has 1 aliphatic rings. The third-order valence-electron chi connectivity index (χ3n) is 4.62. The first-order chi connectivity index (χ1) is 11.6. The topological polar surface area (TPSA) is 72.9 Å². The summed E-state index contributed by atoms with van der Waals surface area (Å²) in [5.41, 5.74) is 4.38. The Labute approximate surface area is 140 Å². The van der Waals surface area contributed by atoms with E-state index in [1.807, 2.05) is 23.9 Å². The van der Waals surface area contributed by atoms with Crippen molar-refractivity contribution in [3.8, 4) is 11.5 Å². The van der Waals surface area contributed by atoms with E-state index in [9.17, 15) is 0 Å². The van der Waals surface area contributed by atoms with Crippen LogP contribution in [0.1, 0.15) is 35.8 Å². The molecular weight excluding hydrogens is 304 g/mol. The Kier molecular flexibility index (Phi) is 3.65. The summed E-state index contributed by atoms with van der Waals surface area (Å²) in [6, 6.07) is 8.13. The lowest BCUT2D eigenvalue weighted by molar-refractivity contribution is 0.164. The highest BCUT2D eigenvalue weighted by Gasteiger charge is 2.28. The van der Waals surface area contributed by atoms with E-state index in [0.717, 1.165) is 30.8 Å². The number of hydrogen-bond donors (Lipinski definition) is 0. The van der Waals surface area contributed by atoms with E-state index in [2.05, 4.69) is 51.4 Å². The van der Waals surface area contributed by atoms with Gasteiger partial charge in [-0.3, -0.25) is 9.58 Å². The number of rotatable bonds is 3. The summed E-state index contributed by atoms with van der Waals surface area (Å²) in [7, 11) is 1.94. The smallest absolute Gasteiger partial charge is 0.247 e. The van der Waals surface area contributed by atoms with Crippen LogP contribution in [-0.4, -0.2) is 36.6 Å². The molecule has 0 aliphatic carbocycles. The predicted octanol–water partition coefficient (Wildman–Crippen LogP) is 2.29. The van der Waals surface area contributed by atoms with E-state index in [0.29, 0.717) is 11.8 Å². The molecule has 4 rings (SSSR count). The molecule has 0 saturated heterocycles. The van der Waals surface area contributed by atoms with Crippen LogP contribution in [0.15, 0.2) is 28.7 Å². The molecule has 124 valence electrons. The summed E-state index contributed by atoms with van der Waals surface area (Å²) >= 11 is 0. The number of aryl methyl sites for hydroxylation is 2. The Morgan fingerprint density at radius 2 is 2.08 bits per heavy atom. The fraction of sp³-hybridized carbons (Fsp3) is 0.412. The van der Waals surface area contributed by atoms with Gasteiger partial charge < -0.3 is 4.42 Å². The second-order valence-corrected chi connectivity index (χ2v) is 6.32. The molecule has 7 nitrogen and oxygen atoms in total. The van der Waals surface area contributed by atoms with Gasteiger partial charge in [0.05, 0.1) is 17.4 Å². The Hall–Kier alpha value is -2.54. The molecule has 0 fully saturated rings.